The molecule has 2 aliphatic heterocycles. The first-order valence-corrected chi connectivity index (χ1v) is 15.1. The predicted octanol–water partition coefficient (Wildman–Crippen LogP) is 6.33. The predicted molar refractivity (Wildman–Crippen MR) is 165 cm³/mol. The van der Waals surface area contributed by atoms with E-state index in [1.807, 2.05) is 0 Å². The molecule has 4 heteroatoms. The molecule has 0 radical (unpaired) electrons. The smallest absolute Gasteiger partial charge is 0.0713 e. The number of fused-ring (bicyclic) bond motifs is 3. The van der Waals surface area contributed by atoms with E-state index in [9.17, 15) is 0 Å². The summed E-state index contributed by atoms with van der Waals surface area (Å²) in [6, 6.07) is 33.0. The third kappa shape index (κ3) is 4.93. The molecule has 2 fully saturated rings. The van der Waals surface area contributed by atoms with E-state index >= 15 is 0 Å². The first-order chi connectivity index (χ1) is 20.1. The summed E-state index contributed by atoms with van der Waals surface area (Å²) in [5.41, 5.74) is 13.1. The average molecular weight is 545 g/mol. The van der Waals surface area contributed by atoms with Gasteiger partial charge in [-0.15, -0.1) is 0 Å². The van der Waals surface area contributed by atoms with Crippen LogP contribution >= 0.6 is 0 Å². The van der Waals surface area contributed by atoms with Gasteiger partial charge in [0.2, 0.25) is 0 Å². The second-order valence-corrected chi connectivity index (χ2v) is 12.0. The second kappa shape index (κ2) is 11.2. The summed E-state index contributed by atoms with van der Waals surface area (Å²) in [5.74, 6) is 0. The number of morpholine rings is 2. The van der Waals surface area contributed by atoms with Crippen LogP contribution in [0.4, 0.5) is 0 Å². The lowest BCUT2D eigenvalue weighted by Crippen LogP contribution is -2.35. The summed E-state index contributed by atoms with van der Waals surface area (Å²) in [6.45, 7) is 13.7. The lowest BCUT2D eigenvalue weighted by Gasteiger charge is -2.35. The maximum absolute atomic E-state index is 5.57. The SMILES string of the molecule is Cc1ccc2c(c1)C(c1ccc(CN3CCOCC3)cc1)(c1ccc(CN3CCOCC3)cc1)c1cc(C)ccc1-2. The summed E-state index contributed by atoms with van der Waals surface area (Å²) in [4.78, 5) is 4.99. The Labute approximate surface area is 244 Å². The highest BCUT2D eigenvalue weighted by Gasteiger charge is 2.46. The highest BCUT2D eigenvalue weighted by atomic mass is 16.5. The van der Waals surface area contributed by atoms with E-state index in [0.29, 0.717) is 0 Å². The molecule has 2 heterocycles. The van der Waals surface area contributed by atoms with Crippen LogP contribution in [0.3, 0.4) is 0 Å². The fourth-order valence-electron chi connectivity index (χ4n) is 7.10. The molecule has 0 aromatic heterocycles. The molecular formula is C37H40N2O2. The minimum Gasteiger partial charge on any atom is -0.379 e. The molecule has 4 aromatic carbocycles. The van der Waals surface area contributed by atoms with Crippen molar-refractivity contribution in [2.45, 2.75) is 32.4 Å². The lowest BCUT2D eigenvalue weighted by atomic mass is 9.67. The Kier molecular flexibility index (Phi) is 7.26. The highest BCUT2D eigenvalue weighted by molar-refractivity contribution is 5.86. The summed E-state index contributed by atoms with van der Waals surface area (Å²) in [5, 5.41) is 0. The molecule has 2 saturated heterocycles. The molecule has 0 spiro atoms. The standard InChI is InChI=1S/C37H40N2O2/c1-27-3-13-33-34-14-4-28(2)24-36(34)37(35(33)23-27,31-9-5-29(6-10-31)25-38-15-19-40-20-16-38)32-11-7-30(8-12-32)26-39-17-21-41-22-18-39/h3-14,23-24H,15-22,25-26H2,1-2H3. The highest BCUT2D eigenvalue weighted by Crippen LogP contribution is 2.56. The van der Waals surface area contributed by atoms with Gasteiger partial charge in [0.15, 0.2) is 0 Å². The Hall–Kier alpha value is -3.28. The number of ether oxygens (including phenoxy) is 2. The number of benzene rings is 4. The molecular weight excluding hydrogens is 504 g/mol. The minimum atomic E-state index is -0.363. The van der Waals surface area contributed by atoms with Gasteiger partial charge in [0.05, 0.1) is 31.8 Å². The van der Waals surface area contributed by atoms with Crippen LogP contribution in [0.1, 0.15) is 44.5 Å². The van der Waals surface area contributed by atoms with E-state index in [-0.39, 0.29) is 5.41 Å². The van der Waals surface area contributed by atoms with Crippen LogP contribution in [-0.4, -0.2) is 62.4 Å². The fraction of sp³-hybridized carbons (Fsp3) is 0.351. The van der Waals surface area contributed by atoms with Crippen LogP contribution in [0.2, 0.25) is 0 Å². The molecule has 41 heavy (non-hydrogen) atoms. The molecule has 0 saturated carbocycles. The van der Waals surface area contributed by atoms with Gasteiger partial charge in [0, 0.05) is 39.3 Å². The van der Waals surface area contributed by atoms with Crippen LogP contribution in [0, 0.1) is 13.8 Å². The third-order valence-electron chi connectivity index (χ3n) is 9.24. The van der Waals surface area contributed by atoms with E-state index in [1.165, 1.54) is 55.6 Å². The monoisotopic (exact) mass is 544 g/mol. The number of rotatable bonds is 6. The van der Waals surface area contributed by atoms with E-state index in [2.05, 4.69) is 109 Å². The van der Waals surface area contributed by atoms with Gasteiger partial charge in [-0.25, -0.2) is 0 Å². The van der Waals surface area contributed by atoms with Crippen molar-refractivity contribution in [3.05, 3.63) is 129 Å². The van der Waals surface area contributed by atoms with Crippen LogP contribution in [0.15, 0.2) is 84.9 Å². The zero-order chi connectivity index (χ0) is 27.8. The Morgan fingerprint density at radius 2 is 0.927 bits per heavy atom. The van der Waals surface area contributed by atoms with Crippen LogP contribution in [0.5, 0.6) is 0 Å². The van der Waals surface area contributed by atoms with Crippen molar-refractivity contribution < 1.29 is 9.47 Å². The van der Waals surface area contributed by atoms with Gasteiger partial charge in [-0.05, 0) is 58.4 Å². The first-order valence-electron chi connectivity index (χ1n) is 15.1. The fourth-order valence-corrected chi connectivity index (χ4v) is 7.10. The molecule has 4 aromatic rings. The first kappa shape index (κ1) is 26.6. The van der Waals surface area contributed by atoms with Gasteiger partial charge >= 0.3 is 0 Å². The zero-order valence-corrected chi connectivity index (χ0v) is 24.4. The molecule has 0 amide bonds. The van der Waals surface area contributed by atoms with E-state index in [1.54, 1.807) is 0 Å². The summed E-state index contributed by atoms with van der Waals surface area (Å²) in [7, 11) is 0. The van der Waals surface area contributed by atoms with Crippen molar-refractivity contribution in [3.8, 4) is 11.1 Å². The quantitative estimate of drug-likeness (QED) is 0.249. The van der Waals surface area contributed by atoms with Crippen molar-refractivity contribution in [2.75, 3.05) is 52.6 Å². The Bertz CT molecular complexity index is 1400. The number of nitrogens with zero attached hydrogens (tertiary/aromatic N) is 2. The lowest BCUT2D eigenvalue weighted by molar-refractivity contribution is 0.0341. The van der Waals surface area contributed by atoms with E-state index < -0.39 is 0 Å². The molecule has 7 rings (SSSR count). The van der Waals surface area contributed by atoms with Gasteiger partial charge in [0.25, 0.3) is 0 Å². The molecule has 3 aliphatic rings. The maximum atomic E-state index is 5.57. The number of hydrogen-bond donors (Lipinski definition) is 0. The minimum absolute atomic E-state index is 0.363. The van der Waals surface area contributed by atoms with Crippen LogP contribution < -0.4 is 0 Å². The molecule has 4 nitrogen and oxygen atoms in total. The molecule has 0 bridgehead atoms. The summed E-state index contributed by atoms with van der Waals surface area (Å²) >= 11 is 0. The van der Waals surface area contributed by atoms with E-state index in [0.717, 1.165) is 65.7 Å². The van der Waals surface area contributed by atoms with Crippen molar-refractivity contribution in [3.63, 3.8) is 0 Å². The van der Waals surface area contributed by atoms with Crippen molar-refractivity contribution in [1.29, 1.82) is 0 Å². The largest absolute Gasteiger partial charge is 0.379 e. The Balaban J connectivity index is 1.35. The van der Waals surface area contributed by atoms with Crippen LogP contribution in [-0.2, 0) is 28.0 Å². The van der Waals surface area contributed by atoms with Crippen molar-refractivity contribution in [2.24, 2.45) is 0 Å². The van der Waals surface area contributed by atoms with Crippen LogP contribution in [0.25, 0.3) is 11.1 Å². The second-order valence-electron chi connectivity index (χ2n) is 12.0. The van der Waals surface area contributed by atoms with Gasteiger partial charge < -0.3 is 9.47 Å². The summed E-state index contributed by atoms with van der Waals surface area (Å²) in [6.07, 6.45) is 0. The average Bonchev–Trinajstić information content (AvgIpc) is 3.28. The normalized spacial score (nSPS) is 18.7. The van der Waals surface area contributed by atoms with Crippen molar-refractivity contribution in [1.82, 2.24) is 9.80 Å². The van der Waals surface area contributed by atoms with Crippen molar-refractivity contribution >= 4 is 0 Å². The topological polar surface area (TPSA) is 24.9 Å². The summed E-state index contributed by atoms with van der Waals surface area (Å²) < 4.78 is 11.1. The van der Waals surface area contributed by atoms with Gasteiger partial charge in [-0.1, -0.05) is 96.1 Å². The number of aryl methyl sites for hydroxylation is 2. The molecule has 210 valence electrons. The maximum Gasteiger partial charge on any atom is 0.0713 e. The number of hydrogen-bond acceptors (Lipinski definition) is 4. The molecule has 0 N–H and O–H groups in total. The zero-order valence-electron chi connectivity index (χ0n) is 24.4. The van der Waals surface area contributed by atoms with Gasteiger partial charge in [0.1, 0.15) is 0 Å². The molecule has 0 unspecified atom stereocenters. The van der Waals surface area contributed by atoms with Gasteiger partial charge in [-0.3, -0.25) is 9.80 Å². The Morgan fingerprint density at radius 1 is 0.537 bits per heavy atom. The Morgan fingerprint density at radius 3 is 1.32 bits per heavy atom. The third-order valence-corrected chi connectivity index (χ3v) is 9.24. The molecule has 0 atom stereocenters. The molecule has 1 aliphatic carbocycles. The van der Waals surface area contributed by atoms with Gasteiger partial charge in [-0.2, -0.15) is 0 Å². The van der Waals surface area contributed by atoms with E-state index in [4.69, 9.17) is 9.47 Å².